The Morgan fingerprint density at radius 3 is 2.55 bits per heavy atom. The Bertz CT molecular complexity index is 1060. The number of carbonyl (C=O) groups is 1. The van der Waals surface area contributed by atoms with Crippen molar-refractivity contribution >= 4 is 43.9 Å². The summed E-state index contributed by atoms with van der Waals surface area (Å²) < 4.78 is 23.5. The van der Waals surface area contributed by atoms with Gasteiger partial charge in [-0.05, 0) is 69.2 Å². The Morgan fingerprint density at radius 1 is 1.21 bits per heavy atom. The van der Waals surface area contributed by atoms with E-state index in [4.69, 9.17) is 24.0 Å². The minimum absolute atomic E-state index is 0.00389. The largest absolute Gasteiger partial charge is 0.465 e. The van der Waals surface area contributed by atoms with E-state index >= 15 is 0 Å². The molecule has 2 N–H and O–H groups in total. The van der Waals surface area contributed by atoms with E-state index in [-0.39, 0.29) is 11.5 Å². The second-order valence-corrected chi connectivity index (χ2v) is 8.35. The van der Waals surface area contributed by atoms with E-state index in [0.29, 0.717) is 39.7 Å². The fraction of sp³-hybridized carbons (Fsp3) is 0.250. The molecule has 0 saturated heterocycles. The van der Waals surface area contributed by atoms with Crippen LogP contribution in [0.15, 0.2) is 70.8 Å². The number of rotatable bonds is 3. The van der Waals surface area contributed by atoms with Gasteiger partial charge in [-0.2, -0.15) is 0 Å². The molecule has 0 amide bonds. The monoisotopic (exact) mass is 524 g/mol. The Morgan fingerprint density at radius 2 is 1.93 bits per heavy atom. The first-order chi connectivity index (χ1) is 13.9. The van der Waals surface area contributed by atoms with Gasteiger partial charge in [-0.25, -0.2) is 4.79 Å². The number of ether oxygens (including phenoxy) is 2. The van der Waals surface area contributed by atoms with Gasteiger partial charge in [0.2, 0.25) is 5.88 Å². The Balaban J connectivity index is 1.87. The van der Waals surface area contributed by atoms with Crippen molar-refractivity contribution in [1.29, 1.82) is 0 Å². The molecule has 2 aromatic heterocycles. The Kier molecular flexibility index (Phi) is 5.46. The minimum Gasteiger partial charge on any atom is -0.465 e. The first kappa shape index (κ1) is 20.1. The number of nitrogens with zero attached hydrogens (tertiary/aromatic N) is 1. The van der Waals surface area contributed by atoms with Crippen molar-refractivity contribution in [1.82, 2.24) is 4.90 Å². The molecule has 2 aromatic rings. The topological polar surface area (TPSA) is 91.1 Å². The summed E-state index contributed by atoms with van der Waals surface area (Å²) in [6.45, 7) is 1.21. The molecule has 1 atom stereocenters. The van der Waals surface area contributed by atoms with Gasteiger partial charge < -0.3 is 24.0 Å². The summed E-state index contributed by atoms with van der Waals surface area (Å²) in [5.74, 6) is 0.803. The van der Waals surface area contributed by atoms with E-state index in [9.17, 15) is 4.79 Å². The molecule has 4 rings (SSSR count). The molecule has 0 bridgehead atoms. The smallest absolute Gasteiger partial charge is 0.340 e. The maximum absolute atomic E-state index is 12.5. The first-order valence-electron chi connectivity index (χ1n) is 8.76. The van der Waals surface area contributed by atoms with Crippen LogP contribution in [0.2, 0.25) is 0 Å². The lowest BCUT2D eigenvalue weighted by atomic mass is 9.83. The van der Waals surface area contributed by atoms with Crippen molar-refractivity contribution in [3.05, 3.63) is 73.5 Å². The van der Waals surface area contributed by atoms with Gasteiger partial charge in [0.1, 0.15) is 22.9 Å². The van der Waals surface area contributed by atoms with Crippen molar-refractivity contribution in [2.45, 2.75) is 5.92 Å². The molecular weight excluding hydrogens is 508 g/mol. The SMILES string of the molecule is COC(=O)C1=C(N)OC2=C(CN(C)C/C2=C\c2ccc(Br)o2)C1c1ccc(Br)o1. The maximum atomic E-state index is 12.5. The summed E-state index contributed by atoms with van der Waals surface area (Å²) in [6.07, 6.45) is 1.90. The molecule has 4 heterocycles. The number of halogens is 2. The molecule has 0 fully saturated rings. The fourth-order valence-electron chi connectivity index (χ4n) is 3.64. The minimum atomic E-state index is -0.555. The molecule has 0 saturated carbocycles. The van der Waals surface area contributed by atoms with Crippen molar-refractivity contribution in [3.8, 4) is 0 Å². The van der Waals surface area contributed by atoms with Crippen LogP contribution in [0.25, 0.3) is 6.08 Å². The van der Waals surface area contributed by atoms with Crippen LogP contribution >= 0.6 is 31.9 Å². The van der Waals surface area contributed by atoms with Gasteiger partial charge in [-0.3, -0.25) is 4.90 Å². The van der Waals surface area contributed by atoms with Crippen molar-refractivity contribution in [3.63, 3.8) is 0 Å². The van der Waals surface area contributed by atoms with Crippen LogP contribution in [0.5, 0.6) is 0 Å². The quantitative estimate of drug-likeness (QED) is 0.602. The van der Waals surface area contributed by atoms with Crippen LogP contribution in [0.3, 0.4) is 0 Å². The van der Waals surface area contributed by atoms with E-state index in [1.807, 2.05) is 31.3 Å². The maximum Gasteiger partial charge on any atom is 0.340 e. The van der Waals surface area contributed by atoms with E-state index in [0.717, 1.165) is 11.1 Å². The highest BCUT2D eigenvalue weighted by Crippen LogP contribution is 2.45. The predicted octanol–water partition coefficient (Wildman–Crippen LogP) is 4.14. The number of esters is 1. The molecule has 7 nitrogen and oxygen atoms in total. The molecule has 0 aromatic carbocycles. The zero-order chi connectivity index (χ0) is 20.7. The molecule has 1 unspecified atom stereocenters. The number of methoxy groups -OCH3 is 1. The van der Waals surface area contributed by atoms with E-state index in [1.54, 1.807) is 6.07 Å². The zero-order valence-electron chi connectivity index (χ0n) is 15.7. The van der Waals surface area contributed by atoms with Crippen LogP contribution in [0, 0.1) is 0 Å². The predicted molar refractivity (Wildman–Crippen MR) is 112 cm³/mol. The lowest BCUT2D eigenvalue weighted by molar-refractivity contribution is -0.136. The summed E-state index contributed by atoms with van der Waals surface area (Å²) in [5.41, 5.74) is 8.17. The van der Waals surface area contributed by atoms with Gasteiger partial charge in [0.05, 0.1) is 13.0 Å². The average molecular weight is 526 g/mol. The van der Waals surface area contributed by atoms with Crippen LogP contribution < -0.4 is 5.73 Å². The molecule has 152 valence electrons. The number of hydrogen-bond acceptors (Lipinski definition) is 7. The average Bonchev–Trinajstić information content (AvgIpc) is 3.28. The highest BCUT2D eigenvalue weighted by molar-refractivity contribution is 9.10. The summed E-state index contributed by atoms with van der Waals surface area (Å²) >= 11 is 6.65. The first-order valence-corrected chi connectivity index (χ1v) is 10.3. The van der Waals surface area contributed by atoms with E-state index < -0.39 is 11.9 Å². The van der Waals surface area contributed by atoms with Crippen molar-refractivity contribution < 1.29 is 23.1 Å². The van der Waals surface area contributed by atoms with E-state index in [1.165, 1.54) is 7.11 Å². The Labute approximate surface area is 184 Å². The molecule has 29 heavy (non-hydrogen) atoms. The molecule has 2 aliphatic heterocycles. The molecule has 0 spiro atoms. The molecule has 0 radical (unpaired) electrons. The van der Waals surface area contributed by atoms with Gasteiger partial charge in [0.15, 0.2) is 9.34 Å². The highest BCUT2D eigenvalue weighted by atomic mass is 79.9. The number of furan rings is 2. The number of likely N-dealkylation sites (N-methyl/N-ethyl adjacent to an activating group) is 1. The zero-order valence-corrected chi connectivity index (χ0v) is 18.9. The van der Waals surface area contributed by atoms with Gasteiger partial charge in [-0.1, -0.05) is 0 Å². The van der Waals surface area contributed by atoms with Crippen LogP contribution in [0.1, 0.15) is 17.4 Å². The highest BCUT2D eigenvalue weighted by Gasteiger charge is 2.41. The van der Waals surface area contributed by atoms with Gasteiger partial charge >= 0.3 is 5.97 Å². The lowest BCUT2D eigenvalue weighted by Crippen LogP contribution is -2.37. The molecule has 9 heteroatoms. The summed E-state index contributed by atoms with van der Waals surface area (Å²) in [6, 6.07) is 7.26. The van der Waals surface area contributed by atoms with E-state index in [2.05, 4.69) is 36.8 Å². The fourth-order valence-corrected chi connectivity index (χ4v) is 4.27. The van der Waals surface area contributed by atoms with Gasteiger partial charge in [0, 0.05) is 24.2 Å². The van der Waals surface area contributed by atoms with Gasteiger partial charge in [-0.15, -0.1) is 0 Å². The van der Waals surface area contributed by atoms with Crippen molar-refractivity contribution in [2.24, 2.45) is 5.73 Å². The van der Waals surface area contributed by atoms with Crippen LogP contribution in [-0.2, 0) is 14.3 Å². The third kappa shape index (κ3) is 3.82. The normalized spacial score (nSPS) is 21.4. The molecule has 2 aliphatic rings. The summed E-state index contributed by atoms with van der Waals surface area (Å²) in [4.78, 5) is 14.7. The van der Waals surface area contributed by atoms with Crippen LogP contribution in [-0.4, -0.2) is 38.1 Å². The Hall–Kier alpha value is -2.23. The third-order valence-corrected chi connectivity index (χ3v) is 5.63. The van der Waals surface area contributed by atoms with Crippen LogP contribution in [0.4, 0.5) is 0 Å². The molecule has 0 aliphatic carbocycles. The standard InChI is InChI=1S/C20H18Br2N2O5/c1-24-8-10(7-11-3-5-14(21)27-11)18-12(9-24)16(13-4-6-15(22)28-13)17(19(23)29-18)20(25)26-2/h3-7,16H,8-9,23H2,1-2H3/b10-7+. The summed E-state index contributed by atoms with van der Waals surface area (Å²) in [5, 5.41) is 0. The summed E-state index contributed by atoms with van der Waals surface area (Å²) in [7, 11) is 3.30. The second-order valence-electron chi connectivity index (χ2n) is 6.78. The third-order valence-electron chi connectivity index (χ3n) is 4.77. The van der Waals surface area contributed by atoms with Gasteiger partial charge in [0.25, 0.3) is 0 Å². The van der Waals surface area contributed by atoms with Crippen molar-refractivity contribution in [2.75, 3.05) is 27.2 Å². The number of hydrogen-bond donors (Lipinski definition) is 1. The number of carbonyl (C=O) groups excluding carboxylic acids is 1. The second kappa shape index (κ2) is 7.89. The molecular formula is C20H18Br2N2O5. The number of nitrogens with two attached hydrogens (primary N) is 1. The lowest BCUT2D eigenvalue weighted by Gasteiger charge is -2.36.